The second kappa shape index (κ2) is 8.52. The smallest absolute Gasteiger partial charge is 0.269 e. The predicted molar refractivity (Wildman–Crippen MR) is 116 cm³/mol. The SMILES string of the molecule is O=[N+]([O-])c1ccc(-c2ccc(CN3CCN4CCC[C@@H]4[C@H]3C3CCCCC3)o2)cc1. The van der Waals surface area contributed by atoms with Crippen molar-refractivity contribution in [3.63, 3.8) is 0 Å². The Kier molecular flexibility index (Phi) is 5.61. The van der Waals surface area contributed by atoms with Gasteiger partial charge < -0.3 is 4.42 Å². The molecule has 0 radical (unpaired) electrons. The van der Waals surface area contributed by atoms with Crippen LogP contribution in [0.5, 0.6) is 0 Å². The van der Waals surface area contributed by atoms with Gasteiger partial charge in [0.25, 0.3) is 5.69 Å². The largest absolute Gasteiger partial charge is 0.460 e. The predicted octanol–water partition coefficient (Wildman–Crippen LogP) is 5.08. The molecule has 1 saturated carbocycles. The van der Waals surface area contributed by atoms with Gasteiger partial charge in [0.2, 0.25) is 0 Å². The average Bonchev–Trinajstić information content (AvgIpc) is 3.44. The molecular weight excluding hydrogens is 378 g/mol. The van der Waals surface area contributed by atoms with E-state index < -0.39 is 0 Å². The molecule has 1 aromatic heterocycles. The van der Waals surface area contributed by atoms with Crippen LogP contribution in [0, 0.1) is 16.0 Å². The van der Waals surface area contributed by atoms with Crippen LogP contribution in [0.2, 0.25) is 0 Å². The highest BCUT2D eigenvalue weighted by Crippen LogP contribution is 2.38. The van der Waals surface area contributed by atoms with E-state index >= 15 is 0 Å². The zero-order valence-corrected chi connectivity index (χ0v) is 17.5. The van der Waals surface area contributed by atoms with Gasteiger partial charge in [0, 0.05) is 42.9 Å². The number of benzene rings is 1. The second-order valence-corrected chi connectivity index (χ2v) is 9.17. The first-order valence-corrected chi connectivity index (χ1v) is 11.5. The summed E-state index contributed by atoms with van der Waals surface area (Å²) in [4.78, 5) is 15.9. The molecule has 3 aliphatic rings. The number of hydrogen-bond acceptors (Lipinski definition) is 5. The van der Waals surface area contributed by atoms with Crippen molar-refractivity contribution in [2.75, 3.05) is 19.6 Å². The zero-order chi connectivity index (χ0) is 20.5. The van der Waals surface area contributed by atoms with E-state index in [-0.39, 0.29) is 10.6 Å². The van der Waals surface area contributed by atoms with Crippen LogP contribution in [-0.2, 0) is 6.54 Å². The third-order valence-corrected chi connectivity index (χ3v) is 7.42. The average molecular weight is 410 g/mol. The topological polar surface area (TPSA) is 62.8 Å². The number of nitrogens with zero attached hydrogens (tertiary/aromatic N) is 3. The number of piperazine rings is 1. The highest BCUT2D eigenvalue weighted by atomic mass is 16.6. The molecule has 2 aliphatic heterocycles. The molecule has 2 atom stereocenters. The highest BCUT2D eigenvalue weighted by molar-refractivity contribution is 5.59. The van der Waals surface area contributed by atoms with E-state index in [2.05, 4.69) is 15.9 Å². The maximum atomic E-state index is 10.9. The van der Waals surface area contributed by atoms with Crippen LogP contribution >= 0.6 is 0 Å². The molecule has 6 heteroatoms. The van der Waals surface area contributed by atoms with Crippen molar-refractivity contribution in [1.29, 1.82) is 0 Å². The molecular formula is C24H31N3O3. The third kappa shape index (κ3) is 3.91. The Morgan fingerprint density at radius 1 is 0.933 bits per heavy atom. The lowest BCUT2D eigenvalue weighted by molar-refractivity contribution is -0.384. The summed E-state index contributed by atoms with van der Waals surface area (Å²) < 4.78 is 6.19. The normalized spacial score (nSPS) is 26.0. The fraction of sp³-hybridized carbons (Fsp3) is 0.583. The van der Waals surface area contributed by atoms with Gasteiger partial charge in [-0.2, -0.15) is 0 Å². The summed E-state index contributed by atoms with van der Waals surface area (Å²) in [6.07, 6.45) is 9.58. The Morgan fingerprint density at radius 2 is 1.73 bits per heavy atom. The minimum Gasteiger partial charge on any atom is -0.460 e. The molecule has 6 nitrogen and oxygen atoms in total. The van der Waals surface area contributed by atoms with Crippen molar-refractivity contribution < 1.29 is 9.34 Å². The number of non-ortho nitro benzene ring substituents is 1. The van der Waals surface area contributed by atoms with Gasteiger partial charge in [-0.1, -0.05) is 19.3 Å². The van der Waals surface area contributed by atoms with Crippen LogP contribution in [0.25, 0.3) is 11.3 Å². The second-order valence-electron chi connectivity index (χ2n) is 9.17. The fourth-order valence-electron chi connectivity index (χ4n) is 6.00. The number of fused-ring (bicyclic) bond motifs is 1. The maximum absolute atomic E-state index is 10.9. The van der Waals surface area contributed by atoms with Gasteiger partial charge in [0.05, 0.1) is 11.5 Å². The van der Waals surface area contributed by atoms with E-state index in [1.54, 1.807) is 12.1 Å². The molecule has 2 saturated heterocycles. The van der Waals surface area contributed by atoms with Crippen molar-refractivity contribution >= 4 is 5.69 Å². The van der Waals surface area contributed by atoms with Crippen LogP contribution < -0.4 is 0 Å². The Morgan fingerprint density at radius 3 is 2.50 bits per heavy atom. The van der Waals surface area contributed by atoms with E-state index in [0.29, 0.717) is 12.1 Å². The van der Waals surface area contributed by atoms with Crippen molar-refractivity contribution in [2.45, 2.75) is 63.6 Å². The van der Waals surface area contributed by atoms with Gasteiger partial charge in [0.15, 0.2) is 0 Å². The first kappa shape index (κ1) is 19.8. The molecule has 0 amide bonds. The van der Waals surface area contributed by atoms with Gasteiger partial charge in [-0.15, -0.1) is 0 Å². The number of rotatable bonds is 5. The molecule has 30 heavy (non-hydrogen) atoms. The van der Waals surface area contributed by atoms with Gasteiger partial charge in [-0.25, -0.2) is 0 Å². The summed E-state index contributed by atoms with van der Waals surface area (Å²) in [7, 11) is 0. The molecule has 0 spiro atoms. The molecule has 0 bridgehead atoms. The van der Waals surface area contributed by atoms with Crippen LogP contribution in [0.4, 0.5) is 5.69 Å². The highest BCUT2D eigenvalue weighted by Gasteiger charge is 2.43. The first-order valence-electron chi connectivity index (χ1n) is 11.5. The van der Waals surface area contributed by atoms with E-state index in [4.69, 9.17) is 4.42 Å². The molecule has 5 rings (SSSR count). The maximum Gasteiger partial charge on any atom is 0.269 e. The molecule has 1 aliphatic carbocycles. The number of hydrogen-bond donors (Lipinski definition) is 0. The van der Waals surface area contributed by atoms with Crippen molar-refractivity contribution in [2.24, 2.45) is 5.92 Å². The van der Waals surface area contributed by atoms with Crippen LogP contribution in [-0.4, -0.2) is 46.4 Å². The van der Waals surface area contributed by atoms with Gasteiger partial charge in [0.1, 0.15) is 11.5 Å². The molecule has 0 unspecified atom stereocenters. The Bertz CT molecular complexity index is 872. The monoisotopic (exact) mass is 409 g/mol. The zero-order valence-electron chi connectivity index (χ0n) is 17.5. The van der Waals surface area contributed by atoms with Gasteiger partial charge in [-0.05, 0) is 62.4 Å². The summed E-state index contributed by atoms with van der Waals surface area (Å²) in [6.45, 7) is 4.42. The Hall–Kier alpha value is -2.18. The van der Waals surface area contributed by atoms with Crippen molar-refractivity contribution in [3.05, 3.63) is 52.3 Å². The number of nitro benzene ring substituents is 1. The Labute approximate surface area is 178 Å². The van der Waals surface area contributed by atoms with Crippen molar-refractivity contribution in [1.82, 2.24) is 9.80 Å². The number of nitro groups is 1. The van der Waals surface area contributed by atoms with E-state index in [0.717, 1.165) is 36.1 Å². The van der Waals surface area contributed by atoms with E-state index in [1.165, 1.54) is 70.2 Å². The molecule has 1 aromatic carbocycles. The summed E-state index contributed by atoms with van der Waals surface area (Å²) in [6, 6.07) is 12.0. The molecule has 3 heterocycles. The van der Waals surface area contributed by atoms with E-state index in [9.17, 15) is 10.1 Å². The van der Waals surface area contributed by atoms with Crippen LogP contribution in [0.15, 0.2) is 40.8 Å². The molecule has 160 valence electrons. The van der Waals surface area contributed by atoms with Gasteiger partial charge >= 0.3 is 0 Å². The minimum absolute atomic E-state index is 0.107. The fourth-order valence-corrected chi connectivity index (χ4v) is 6.00. The molecule has 3 fully saturated rings. The van der Waals surface area contributed by atoms with Crippen LogP contribution in [0.1, 0.15) is 50.7 Å². The van der Waals surface area contributed by atoms with E-state index in [1.807, 2.05) is 6.07 Å². The first-order chi connectivity index (χ1) is 14.7. The van der Waals surface area contributed by atoms with Gasteiger partial charge in [-0.3, -0.25) is 19.9 Å². The quantitative estimate of drug-likeness (QED) is 0.509. The minimum atomic E-state index is -0.370. The van der Waals surface area contributed by atoms with Crippen molar-refractivity contribution in [3.8, 4) is 11.3 Å². The number of furan rings is 1. The summed E-state index contributed by atoms with van der Waals surface area (Å²) in [5, 5.41) is 10.9. The Balaban J connectivity index is 1.33. The molecule has 2 aromatic rings. The summed E-state index contributed by atoms with van der Waals surface area (Å²) in [5.41, 5.74) is 0.992. The standard InChI is InChI=1S/C24H31N3O3/c28-27(29)20-10-8-18(9-11-20)23-13-12-21(30-23)17-26-16-15-25-14-4-7-22(25)24(26)19-5-2-1-3-6-19/h8-13,19,22,24H,1-7,14-17H2/t22-,24-/m1/s1. The summed E-state index contributed by atoms with van der Waals surface area (Å²) in [5.74, 6) is 2.60. The lowest BCUT2D eigenvalue weighted by Crippen LogP contribution is -2.59. The summed E-state index contributed by atoms with van der Waals surface area (Å²) >= 11 is 0. The third-order valence-electron chi connectivity index (χ3n) is 7.42. The van der Waals surface area contributed by atoms with Crippen LogP contribution in [0.3, 0.4) is 0 Å². The molecule has 0 N–H and O–H groups in total. The lowest BCUT2D eigenvalue weighted by Gasteiger charge is -2.49. The lowest BCUT2D eigenvalue weighted by atomic mass is 9.78.